The zero-order chi connectivity index (χ0) is 15.3. The van der Waals surface area contributed by atoms with Gasteiger partial charge in [0, 0.05) is 6.07 Å². The number of methoxy groups -OCH3 is 1. The highest BCUT2D eigenvalue weighted by molar-refractivity contribution is 7.81. The summed E-state index contributed by atoms with van der Waals surface area (Å²) >= 11 is 0. The summed E-state index contributed by atoms with van der Waals surface area (Å²) in [6, 6.07) is 3.48. The Hall–Kier alpha value is -1.60. The highest BCUT2D eigenvalue weighted by atomic mass is 31.2. The highest BCUT2D eigenvalue weighted by Gasteiger charge is 2.44. The molecule has 0 spiro atoms. The number of hydrogen-bond donors (Lipinski definition) is 3. The Kier molecular flexibility index (Phi) is 5.52. The molecule has 0 aliphatic rings. The minimum atomic E-state index is -3.83. The molecule has 110 valence electrons. The molecule has 20 heavy (non-hydrogen) atoms. The van der Waals surface area contributed by atoms with E-state index in [1.54, 1.807) is 0 Å². The van der Waals surface area contributed by atoms with Crippen LogP contribution in [0.25, 0.3) is 0 Å². The monoisotopic (exact) mass is 303 g/mol. The number of ether oxygens (including phenoxy) is 1. The molecule has 9 heteroatoms. The van der Waals surface area contributed by atoms with Crippen molar-refractivity contribution in [1.82, 2.24) is 0 Å². The smallest absolute Gasteiger partial charge is 0.357 e. The Morgan fingerprint density at radius 2 is 2.15 bits per heavy atom. The third kappa shape index (κ3) is 3.71. The summed E-state index contributed by atoms with van der Waals surface area (Å²) in [6.07, 6.45) is 0.146. The Morgan fingerprint density at radius 1 is 1.50 bits per heavy atom. The van der Waals surface area contributed by atoms with Crippen molar-refractivity contribution in [1.29, 1.82) is 0 Å². The quantitative estimate of drug-likeness (QED) is 0.387. The molecule has 0 aliphatic heterocycles. The molecule has 0 fully saturated rings. The lowest BCUT2D eigenvalue weighted by Crippen LogP contribution is -2.13. The van der Waals surface area contributed by atoms with Crippen LogP contribution in [0.5, 0.6) is 5.75 Å². The lowest BCUT2D eigenvalue weighted by Gasteiger charge is -2.10. The van der Waals surface area contributed by atoms with Gasteiger partial charge in [-0.3, -0.25) is 10.1 Å². The first-order chi connectivity index (χ1) is 9.33. The summed E-state index contributed by atoms with van der Waals surface area (Å²) in [5, 5.41) is 10.9. The molecule has 0 aromatic heterocycles. The van der Waals surface area contributed by atoms with Gasteiger partial charge in [-0.2, -0.15) is 0 Å². The molecule has 4 N–H and O–H groups in total. The molecule has 1 aromatic rings. The number of rotatable bonds is 7. The fourth-order valence-corrected chi connectivity index (χ4v) is 2.96. The number of carbonyl (C=O) groups excluding carboxylic acids is 1. The van der Waals surface area contributed by atoms with Crippen LogP contribution in [0.15, 0.2) is 18.2 Å². The molecule has 1 rings (SSSR count). The maximum Gasteiger partial charge on any atom is 0.357 e. The fraction of sp³-hybridized carbons (Fsp3) is 0.364. The van der Waals surface area contributed by atoms with Gasteiger partial charge in [-0.25, -0.2) is 14.6 Å². The number of nitro groups is 1. The van der Waals surface area contributed by atoms with Gasteiger partial charge in [0.1, 0.15) is 6.16 Å². The van der Waals surface area contributed by atoms with Crippen LogP contribution in [0, 0.1) is 10.1 Å². The van der Waals surface area contributed by atoms with Crippen molar-refractivity contribution in [2.24, 2.45) is 5.73 Å². The van der Waals surface area contributed by atoms with Crippen LogP contribution in [-0.2, 0) is 0 Å². The van der Waals surface area contributed by atoms with Crippen molar-refractivity contribution in [2.75, 3.05) is 19.8 Å². The number of nitrogens with two attached hydrogens (primary N) is 1. The molecule has 0 unspecified atom stereocenters. The van der Waals surface area contributed by atoms with Gasteiger partial charge in [0.15, 0.2) is 5.75 Å². The molecule has 0 bridgehead atoms. The van der Waals surface area contributed by atoms with Gasteiger partial charge in [0.2, 0.25) is 0 Å². The van der Waals surface area contributed by atoms with Crippen LogP contribution in [0.4, 0.5) is 5.69 Å². The standard InChI is InChI=1S/C11H16N2O6P/c1-19-10-4-3-8(7-9(10)13(15)16)11(14)20(17,18)6-2-5-12/h3-4,7,17-18H,2,5-6,12H2,1H3/q+1. The topological polar surface area (TPSA) is 136 Å². The summed E-state index contributed by atoms with van der Waals surface area (Å²) in [7, 11) is -2.56. The number of nitrogens with zero attached hydrogens (tertiary/aromatic N) is 1. The van der Waals surface area contributed by atoms with Gasteiger partial charge in [0.25, 0.3) is 0 Å². The van der Waals surface area contributed by atoms with Crippen molar-refractivity contribution in [2.45, 2.75) is 6.42 Å². The van der Waals surface area contributed by atoms with Gasteiger partial charge in [-0.1, -0.05) is 0 Å². The predicted octanol–water partition coefficient (Wildman–Crippen LogP) is 0.925. The molecular formula is C11H16N2O6P+. The number of nitro benzene ring substituents is 1. The second kappa shape index (κ2) is 6.71. The van der Waals surface area contributed by atoms with E-state index >= 15 is 0 Å². The van der Waals surface area contributed by atoms with Crippen molar-refractivity contribution >= 4 is 18.9 Å². The van der Waals surface area contributed by atoms with Gasteiger partial charge >= 0.3 is 18.9 Å². The Labute approximate surface area is 115 Å². The summed E-state index contributed by atoms with van der Waals surface area (Å²) in [5.74, 6) is -0.00618. The zero-order valence-corrected chi connectivity index (χ0v) is 11.7. The van der Waals surface area contributed by atoms with E-state index in [0.717, 1.165) is 6.07 Å². The highest BCUT2D eigenvalue weighted by Crippen LogP contribution is 2.53. The lowest BCUT2D eigenvalue weighted by atomic mass is 10.2. The first kappa shape index (κ1) is 16.5. The minimum absolute atomic E-state index is 0.00618. The molecular weight excluding hydrogens is 287 g/mol. The van der Waals surface area contributed by atoms with Gasteiger partial charge in [0.05, 0.1) is 17.6 Å². The van der Waals surface area contributed by atoms with E-state index < -0.39 is 23.9 Å². The predicted molar refractivity (Wildman–Crippen MR) is 73.9 cm³/mol. The van der Waals surface area contributed by atoms with Crippen molar-refractivity contribution in [3.8, 4) is 5.75 Å². The average molecular weight is 303 g/mol. The first-order valence-corrected chi connectivity index (χ1v) is 7.62. The summed E-state index contributed by atoms with van der Waals surface area (Å²) in [6.45, 7) is 0.221. The van der Waals surface area contributed by atoms with Crippen LogP contribution in [0.2, 0.25) is 0 Å². The third-order valence-corrected chi connectivity index (χ3v) is 4.47. The summed E-state index contributed by atoms with van der Waals surface area (Å²) in [4.78, 5) is 41.7. The second-order valence-corrected chi connectivity index (χ2v) is 6.36. The maximum absolute atomic E-state index is 12.0. The van der Waals surface area contributed by atoms with Crippen LogP contribution in [0.1, 0.15) is 16.8 Å². The van der Waals surface area contributed by atoms with E-state index in [0.29, 0.717) is 0 Å². The Balaban J connectivity index is 3.11. The van der Waals surface area contributed by atoms with Crippen LogP contribution in [0.3, 0.4) is 0 Å². The molecule has 0 saturated carbocycles. The van der Waals surface area contributed by atoms with E-state index in [2.05, 4.69) is 0 Å². The number of benzene rings is 1. The first-order valence-electron chi connectivity index (χ1n) is 5.74. The summed E-state index contributed by atoms with van der Waals surface area (Å²) in [5.41, 5.74) is 3.81. The van der Waals surface area contributed by atoms with Crippen LogP contribution < -0.4 is 10.5 Å². The molecule has 0 radical (unpaired) electrons. The molecule has 1 aromatic carbocycles. The second-order valence-electron chi connectivity index (χ2n) is 4.05. The van der Waals surface area contributed by atoms with Crippen molar-refractivity contribution in [3.05, 3.63) is 33.9 Å². The van der Waals surface area contributed by atoms with Crippen molar-refractivity contribution < 1.29 is 24.2 Å². The largest absolute Gasteiger partial charge is 0.490 e. The van der Waals surface area contributed by atoms with Crippen LogP contribution >= 0.6 is 7.72 Å². The van der Waals surface area contributed by atoms with E-state index in [9.17, 15) is 24.7 Å². The minimum Gasteiger partial charge on any atom is -0.490 e. The average Bonchev–Trinajstić information content (AvgIpc) is 2.43. The Morgan fingerprint density at radius 3 is 2.65 bits per heavy atom. The van der Waals surface area contributed by atoms with Crippen molar-refractivity contribution in [3.63, 3.8) is 0 Å². The van der Waals surface area contributed by atoms with Gasteiger partial charge < -0.3 is 10.5 Å². The van der Waals surface area contributed by atoms with Crippen LogP contribution in [-0.4, -0.2) is 40.1 Å². The number of hydrogen-bond acceptors (Lipinski definition) is 7. The Bertz CT molecular complexity index is 520. The van der Waals surface area contributed by atoms with E-state index in [1.165, 1.54) is 19.2 Å². The van der Waals surface area contributed by atoms with E-state index in [1.807, 2.05) is 0 Å². The van der Waals surface area contributed by atoms with Gasteiger partial charge in [-0.05, 0) is 25.1 Å². The molecule has 0 aliphatic carbocycles. The van der Waals surface area contributed by atoms with Gasteiger partial charge in [-0.15, -0.1) is 0 Å². The SMILES string of the molecule is COc1ccc(C(=O)[P+](O)(O)CCCN)cc1[N+](=O)[O-]. The van der Waals surface area contributed by atoms with E-state index in [4.69, 9.17) is 10.5 Å². The molecule has 0 atom stereocenters. The molecule has 0 saturated heterocycles. The zero-order valence-electron chi connectivity index (χ0n) is 10.9. The third-order valence-electron chi connectivity index (χ3n) is 2.62. The molecule has 0 heterocycles. The maximum atomic E-state index is 12.0. The lowest BCUT2D eigenvalue weighted by molar-refractivity contribution is -0.385. The molecule has 0 amide bonds. The van der Waals surface area contributed by atoms with E-state index in [-0.39, 0.29) is 30.4 Å². The molecule has 8 nitrogen and oxygen atoms in total. The fourth-order valence-electron chi connectivity index (χ4n) is 1.59. The number of carbonyl (C=O) groups is 1. The normalized spacial score (nSPS) is 11.2. The summed E-state index contributed by atoms with van der Waals surface area (Å²) < 4.78 is 4.81.